The first-order valence-corrected chi connectivity index (χ1v) is 9.61. The Bertz CT molecular complexity index is 965. The summed E-state index contributed by atoms with van der Waals surface area (Å²) >= 11 is 0. The molecule has 2 aliphatic rings. The molecule has 1 atom stereocenters. The number of carbonyl (C=O) groups excluding carboxylic acids is 1. The summed E-state index contributed by atoms with van der Waals surface area (Å²) in [4.78, 5) is 23.1. The maximum Gasteiger partial charge on any atom is 0.256 e. The fourth-order valence-electron chi connectivity index (χ4n) is 4.35. The Morgan fingerprint density at radius 2 is 2.08 bits per heavy atom. The van der Waals surface area contributed by atoms with Crippen molar-refractivity contribution in [3.8, 4) is 0 Å². The zero-order valence-electron chi connectivity index (χ0n) is 15.1. The third-order valence-corrected chi connectivity index (χ3v) is 5.82. The third-order valence-electron chi connectivity index (χ3n) is 5.82. The molecule has 26 heavy (non-hydrogen) atoms. The van der Waals surface area contributed by atoms with E-state index in [1.54, 1.807) is 0 Å². The van der Waals surface area contributed by atoms with Crippen LogP contribution in [-0.4, -0.2) is 38.4 Å². The molecule has 1 aromatic carbocycles. The zero-order valence-corrected chi connectivity index (χ0v) is 15.1. The van der Waals surface area contributed by atoms with Gasteiger partial charge in [-0.2, -0.15) is 0 Å². The van der Waals surface area contributed by atoms with E-state index in [1.807, 2.05) is 41.6 Å². The van der Waals surface area contributed by atoms with Crippen LogP contribution in [0, 0.1) is 6.92 Å². The van der Waals surface area contributed by atoms with Gasteiger partial charge in [-0.15, -0.1) is 0 Å². The Labute approximate surface area is 153 Å². The minimum atomic E-state index is 0.137. The van der Waals surface area contributed by atoms with Gasteiger partial charge in [0, 0.05) is 48.0 Å². The quantitative estimate of drug-likeness (QED) is 0.777. The minimum absolute atomic E-state index is 0.137. The average molecular weight is 348 g/mol. The molecule has 1 unspecified atom stereocenters. The smallest absolute Gasteiger partial charge is 0.256 e. The fraction of sp³-hybridized carbons (Fsp3) is 0.429. The van der Waals surface area contributed by atoms with E-state index < -0.39 is 0 Å². The molecule has 3 aromatic rings. The lowest BCUT2D eigenvalue weighted by Crippen LogP contribution is -2.41. The van der Waals surface area contributed by atoms with E-state index in [1.165, 1.54) is 24.4 Å². The summed E-state index contributed by atoms with van der Waals surface area (Å²) in [5.74, 6) is 2.00. The molecule has 2 fully saturated rings. The highest BCUT2D eigenvalue weighted by Crippen LogP contribution is 2.41. The summed E-state index contributed by atoms with van der Waals surface area (Å²) in [6, 6.07) is 8.36. The maximum atomic E-state index is 13.2. The van der Waals surface area contributed by atoms with E-state index in [4.69, 9.17) is 0 Å². The maximum absolute atomic E-state index is 13.2. The summed E-state index contributed by atoms with van der Waals surface area (Å²) in [5, 5.41) is 1.01. The standard InChI is InChI=1S/C21H24N4O/c1-14-11-23-20(15-8-9-15)25(14)16-5-4-10-24(13-16)21(26)18-12-22-19-7-3-2-6-17(18)19/h2-3,6-7,11-12,15-16,22H,4-5,8-10,13H2,1H3. The monoisotopic (exact) mass is 348 g/mol. The lowest BCUT2D eigenvalue weighted by atomic mass is 10.0. The first-order chi connectivity index (χ1) is 12.7. The Balaban J connectivity index is 1.42. The van der Waals surface area contributed by atoms with Crippen molar-refractivity contribution in [1.82, 2.24) is 19.4 Å². The van der Waals surface area contributed by atoms with Crippen molar-refractivity contribution >= 4 is 16.8 Å². The Morgan fingerprint density at radius 3 is 2.92 bits per heavy atom. The first kappa shape index (κ1) is 15.7. The van der Waals surface area contributed by atoms with Crippen molar-refractivity contribution < 1.29 is 4.79 Å². The van der Waals surface area contributed by atoms with Crippen LogP contribution in [0.2, 0.25) is 0 Å². The van der Waals surface area contributed by atoms with Gasteiger partial charge >= 0.3 is 0 Å². The van der Waals surface area contributed by atoms with Crippen LogP contribution >= 0.6 is 0 Å². The van der Waals surface area contributed by atoms with E-state index in [9.17, 15) is 4.79 Å². The summed E-state index contributed by atoms with van der Waals surface area (Å²) in [6.45, 7) is 3.75. The second kappa shape index (κ2) is 6.01. The van der Waals surface area contributed by atoms with Crippen molar-refractivity contribution in [3.05, 3.63) is 53.7 Å². The summed E-state index contributed by atoms with van der Waals surface area (Å²) in [5.41, 5.74) is 3.02. The SMILES string of the molecule is Cc1cnc(C2CC2)n1C1CCCN(C(=O)c2c[nH]c3ccccc23)C1. The highest BCUT2D eigenvalue weighted by Gasteiger charge is 2.33. The number of para-hydroxylation sites is 1. The number of aromatic nitrogens is 3. The number of hydrogen-bond acceptors (Lipinski definition) is 2. The van der Waals surface area contributed by atoms with Crippen LogP contribution in [0.25, 0.3) is 10.9 Å². The van der Waals surface area contributed by atoms with Gasteiger partial charge in [-0.1, -0.05) is 18.2 Å². The molecule has 1 saturated heterocycles. The molecule has 0 bridgehead atoms. The van der Waals surface area contributed by atoms with Gasteiger partial charge in [-0.3, -0.25) is 4.79 Å². The van der Waals surface area contributed by atoms with Crippen LogP contribution in [0.15, 0.2) is 36.7 Å². The van der Waals surface area contributed by atoms with Crippen LogP contribution in [0.3, 0.4) is 0 Å². The molecule has 3 heterocycles. The van der Waals surface area contributed by atoms with Crippen LogP contribution in [0.1, 0.15) is 59.5 Å². The number of nitrogens with zero attached hydrogens (tertiary/aromatic N) is 3. The number of hydrogen-bond donors (Lipinski definition) is 1. The van der Waals surface area contributed by atoms with Gasteiger partial charge in [0.1, 0.15) is 5.82 Å². The van der Waals surface area contributed by atoms with Crippen LogP contribution in [0.4, 0.5) is 0 Å². The molecule has 134 valence electrons. The topological polar surface area (TPSA) is 53.9 Å². The van der Waals surface area contributed by atoms with Gasteiger partial charge < -0.3 is 14.5 Å². The lowest BCUT2D eigenvalue weighted by molar-refractivity contribution is 0.0679. The van der Waals surface area contributed by atoms with Gasteiger partial charge in [0.2, 0.25) is 0 Å². The molecule has 5 rings (SSSR count). The molecule has 5 nitrogen and oxygen atoms in total. The molecule has 2 aromatic heterocycles. The van der Waals surface area contributed by atoms with E-state index in [-0.39, 0.29) is 5.91 Å². The second-order valence-electron chi connectivity index (χ2n) is 7.70. The van der Waals surface area contributed by atoms with E-state index in [2.05, 4.69) is 21.5 Å². The molecule has 0 spiro atoms. The number of rotatable bonds is 3. The zero-order chi connectivity index (χ0) is 17.7. The van der Waals surface area contributed by atoms with Crippen molar-refractivity contribution in [2.24, 2.45) is 0 Å². The number of carbonyl (C=O) groups is 1. The molecular formula is C21H24N4O. The number of benzene rings is 1. The summed E-state index contributed by atoms with van der Waals surface area (Å²) in [6.07, 6.45) is 8.51. The van der Waals surface area contributed by atoms with Crippen LogP contribution in [0.5, 0.6) is 0 Å². The number of H-pyrrole nitrogens is 1. The Kier molecular flexibility index (Phi) is 3.62. The van der Waals surface area contributed by atoms with Gasteiger partial charge in [0.05, 0.1) is 11.6 Å². The lowest BCUT2D eigenvalue weighted by Gasteiger charge is -2.34. The molecule has 1 N–H and O–H groups in total. The summed E-state index contributed by atoms with van der Waals surface area (Å²) in [7, 11) is 0. The van der Waals surface area contributed by atoms with E-state index in [0.717, 1.165) is 42.4 Å². The molecule has 1 amide bonds. The van der Waals surface area contributed by atoms with Crippen molar-refractivity contribution in [1.29, 1.82) is 0 Å². The molecule has 1 aliphatic heterocycles. The first-order valence-electron chi connectivity index (χ1n) is 9.61. The van der Waals surface area contributed by atoms with Crippen LogP contribution in [-0.2, 0) is 0 Å². The average Bonchev–Trinajstić information content (AvgIpc) is 3.31. The van der Waals surface area contributed by atoms with Crippen molar-refractivity contribution in [2.45, 2.75) is 44.6 Å². The molecule has 5 heteroatoms. The van der Waals surface area contributed by atoms with Gasteiger partial charge in [0.15, 0.2) is 0 Å². The predicted octanol–water partition coefficient (Wildman–Crippen LogP) is 4.03. The third kappa shape index (κ3) is 2.54. The number of piperidine rings is 1. The van der Waals surface area contributed by atoms with Gasteiger partial charge in [-0.05, 0) is 38.7 Å². The number of fused-ring (bicyclic) bond motifs is 1. The largest absolute Gasteiger partial charge is 0.360 e. The number of aromatic amines is 1. The van der Waals surface area contributed by atoms with Gasteiger partial charge in [0.25, 0.3) is 5.91 Å². The molecular weight excluding hydrogens is 324 g/mol. The molecule has 0 radical (unpaired) electrons. The summed E-state index contributed by atoms with van der Waals surface area (Å²) < 4.78 is 2.41. The number of likely N-dealkylation sites (tertiary alicyclic amines) is 1. The number of imidazole rings is 1. The normalized spacial score (nSPS) is 20.7. The van der Waals surface area contributed by atoms with Gasteiger partial charge in [-0.25, -0.2) is 4.98 Å². The highest BCUT2D eigenvalue weighted by atomic mass is 16.2. The van der Waals surface area contributed by atoms with Crippen molar-refractivity contribution in [2.75, 3.05) is 13.1 Å². The predicted molar refractivity (Wildman–Crippen MR) is 101 cm³/mol. The number of nitrogens with one attached hydrogen (secondary N) is 1. The number of aryl methyl sites for hydroxylation is 1. The molecule has 1 aliphatic carbocycles. The fourth-order valence-corrected chi connectivity index (χ4v) is 4.35. The van der Waals surface area contributed by atoms with Crippen LogP contribution < -0.4 is 0 Å². The van der Waals surface area contributed by atoms with E-state index >= 15 is 0 Å². The van der Waals surface area contributed by atoms with E-state index in [0.29, 0.717) is 12.0 Å². The highest BCUT2D eigenvalue weighted by molar-refractivity contribution is 6.06. The Morgan fingerprint density at radius 1 is 1.23 bits per heavy atom. The molecule has 1 saturated carbocycles. The second-order valence-corrected chi connectivity index (χ2v) is 7.70. The number of amides is 1. The Hall–Kier alpha value is -2.56. The minimum Gasteiger partial charge on any atom is -0.360 e. The van der Waals surface area contributed by atoms with Crippen molar-refractivity contribution in [3.63, 3.8) is 0 Å².